The second-order valence-corrected chi connectivity index (χ2v) is 10.3. The maximum Gasteiger partial charge on any atom is 0.285 e. The molecule has 0 radical (unpaired) electrons. The van der Waals surface area contributed by atoms with E-state index in [1.54, 1.807) is 17.5 Å². The van der Waals surface area contributed by atoms with E-state index in [0.717, 1.165) is 66.4 Å². The molecule has 0 spiro atoms. The number of fused-ring (bicyclic) bond motifs is 3. The molecule has 2 aliphatic rings. The summed E-state index contributed by atoms with van der Waals surface area (Å²) in [4.78, 5) is 24.7. The highest BCUT2D eigenvalue weighted by molar-refractivity contribution is 8.13. The standard InChI is InChI=1S/C22H26N6OS2/c1-3-30-22(29)25-21-24-17-7-6-16-18(14-5-4-10-23-13-14)26-28(19(16)20(17)31-21)15-8-11-27(2)12-9-15/h4-5,10,13,15H,3,6-9,11-12H2,1-2H3,(H,24,25,29). The highest BCUT2D eigenvalue weighted by atomic mass is 32.2. The number of hydrogen-bond acceptors (Lipinski definition) is 7. The van der Waals surface area contributed by atoms with Crippen molar-refractivity contribution in [2.24, 2.45) is 0 Å². The number of thiazole rings is 1. The highest BCUT2D eigenvalue weighted by Gasteiger charge is 2.32. The number of pyridine rings is 1. The van der Waals surface area contributed by atoms with Crippen molar-refractivity contribution < 1.29 is 4.79 Å². The minimum atomic E-state index is -0.0475. The number of anilines is 1. The third-order valence-electron chi connectivity index (χ3n) is 5.99. The van der Waals surface area contributed by atoms with Crippen LogP contribution in [-0.2, 0) is 12.8 Å². The van der Waals surface area contributed by atoms with Crippen LogP contribution in [0.25, 0.3) is 21.8 Å². The molecule has 3 aromatic rings. The number of rotatable bonds is 4. The Balaban J connectivity index is 1.59. The smallest absolute Gasteiger partial charge is 0.285 e. The van der Waals surface area contributed by atoms with Gasteiger partial charge in [-0.1, -0.05) is 30.0 Å². The van der Waals surface area contributed by atoms with Crippen LogP contribution in [0.3, 0.4) is 0 Å². The van der Waals surface area contributed by atoms with E-state index >= 15 is 0 Å². The molecule has 9 heteroatoms. The van der Waals surface area contributed by atoms with Gasteiger partial charge >= 0.3 is 0 Å². The molecule has 31 heavy (non-hydrogen) atoms. The maximum absolute atomic E-state index is 12.1. The van der Waals surface area contributed by atoms with Crippen molar-refractivity contribution in [2.45, 2.75) is 38.6 Å². The minimum Gasteiger partial charge on any atom is -0.306 e. The lowest BCUT2D eigenvalue weighted by Crippen LogP contribution is -2.32. The Kier molecular flexibility index (Phi) is 5.81. The van der Waals surface area contributed by atoms with Gasteiger partial charge in [-0.15, -0.1) is 0 Å². The summed E-state index contributed by atoms with van der Waals surface area (Å²) in [6.07, 6.45) is 7.64. The van der Waals surface area contributed by atoms with Gasteiger partial charge in [0.05, 0.1) is 28.0 Å². The van der Waals surface area contributed by atoms with Gasteiger partial charge in [-0.3, -0.25) is 19.8 Å². The monoisotopic (exact) mass is 454 g/mol. The number of aryl methyl sites for hydroxylation is 1. The summed E-state index contributed by atoms with van der Waals surface area (Å²) in [5.41, 5.74) is 5.64. The zero-order valence-electron chi connectivity index (χ0n) is 17.8. The summed E-state index contributed by atoms with van der Waals surface area (Å²) < 4.78 is 2.26. The summed E-state index contributed by atoms with van der Waals surface area (Å²) in [5.74, 6) is 0.748. The van der Waals surface area contributed by atoms with Gasteiger partial charge in [0.25, 0.3) is 5.24 Å². The lowest BCUT2D eigenvalue weighted by atomic mass is 9.95. The number of amides is 1. The van der Waals surface area contributed by atoms with Gasteiger partial charge in [0.15, 0.2) is 5.13 Å². The van der Waals surface area contributed by atoms with E-state index in [1.165, 1.54) is 23.0 Å². The van der Waals surface area contributed by atoms with Crippen LogP contribution < -0.4 is 5.32 Å². The zero-order chi connectivity index (χ0) is 21.4. The molecule has 5 rings (SSSR count). The first-order valence-electron chi connectivity index (χ1n) is 10.8. The number of nitrogens with one attached hydrogen (secondary N) is 1. The van der Waals surface area contributed by atoms with Crippen LogP contribution in [0.4, 0.5) is 9.93 Å². The van der Waals surface area contributed by atoms with E-state index in [4.69, 9.17) is 10.1 Å². The summed E-state index contributed by atoms with van der Waals surface area (Å²) in [7, 11) is 2.18. The van der Waals surface area contributed by atoms with Gasteiger partial charge < -0.3 is 4.90 Å². The predicted octanol–water partition coefficient (Wildman–Crippen LogP) is 4.72. The first-order valence-corrected chi connectivity index (χ1v) is 12.6. The highest BCUT2D eigenvalue weighted by Crippen LogP contribution is 2.45. The van der Waals surface area contributed by atoms with E-state index in [9.17, 15) is 4.79 Å². The number of carbonyl (C=O) groups excluding carboxylic acids is 1. The molecular formula is C22H26N6OS2. The van der Waals surface area contributed by atoms with E-state index < -0.39 is 0 Å². The molecular weight excluding hydrogens is 428 g/mol. The summed E-state index contributed by atoms with van der Waals surface area (Å²) in [6, 6.07) is 4.43. The van der Waals surface area contributed by atoms with Crippen molar-refractivity contribution in [3.8, 4) is 21.8 Å². The maximum atomic E-state index is 12.1. The Bertz CT molecular complexity index is 1090. The first kappa shape index (κ1) is 20.7. The first-order chi connectivity index (χ1) is 15.1. The van der Waals surface area contributed by atoms with Gasteiger partial charge in [-0.25, -0.2) is 4.98 Å². The lowest BCUT2D eigenvalue weighted by molar-refractivity contribution is 0.213. The van der Waals surface area contributed by atoms with Crippen molar-refractivity contribution in [1.82, 2.24) is 24.6 Å². The summed E-state index contributed by atoms with van der Waals surface area (Å²) >= 11 is 2.85. The number of piperidine rings is 1. The number of aromatic nitrogens is 4. The van der Waals surface area contributed by atoms with Gasteiger partial charge in [-0.2, -0.15) is 5.10 Å². The number of likely N-dealkylation sites (tertiary alicyclic amines) is 1. The molecule has 162 valence electrons. The molecule has 1 aliphatic heterocycles. The molecule has 0 atom stereocenters. The molecule has 1 N–H and O–H groups in total. The third kappa shape index (κ3) is 4.02. The Hall–Kier alpha value is -2.23. The number of thioether (sulfide) groups is 1. The van der Waals surface area contributed by atoms with Gasteiger partial charge in [0.1, 0.15) is 0 Å². The van der Waals surface area contributed by atoms with Gasteiger partial charge in [0.2, 0.25) is 0 Å². The molecule has 1 aliphatic carbocycles. The molecule has 1 saturated heterocycles. The zero-order valence-corrected chi connectivity index (χ0v) is 19.4. The average Bonchev–Trinajstić information content (AvgIpc) is 3.36. The molecule has 0 bridgehead atoms. The Morgan fingerprint density at radius 3 is 2.90 bits per heavy atom. The Morgan fingerprint density at radius 2 is 2.16 bits per heavy atom. The summed E-state index contributed by atoms with van der Waals surface area (Å²) in [5, 5.41) is 8.75. The second-order valence-electron chi connectivity index (χ2n) is 8.04. The van der Waals surface area contributed by atoms with Crippen molar-refractivity contribution in [3.63, 3.8) is 0 Å². The number of hydrogen-bond donors (Lipinski definition) is 1. The third-order valence-corrected chi connectivity index (χ3v) is 7.66. The van der Waals surface area contributed by atoms with Crippen molar-refractivity contribution in [1.29, 1.82) is 0 Å². The largest absolute Gasteiger partial charge is 0.306 e. The van der Waals surface area contributed by atoms with E-state index in [0.29, 0.717) is 11.2 Å². The lowest BCUT2D eigenvalue weighted by Gasteiger charge is -2.30. The quantitative estimate of drug-likeness (QED) is 0.615. The van der Waals surface area contributed by atoms with Crippen molar-refractivity contribution in [3.05, 3.63) is 35.8 Å². The molecule has 1 amide bonds. The van der Waals surface area contributed by atoms with E-state index in [-0.39, 0.29) is 5.24 Å². The van der Waals surface area contributed by atoms with Crippen LogP contribution in [0.2, 0.25) is 0 Å². The molecule has 4 heterocycles. The number of carbonyl (C=O) groups is 1. The van der Waals surface area contributed by atoms with Gasteiger partial charge in [-0.05, 0) is 63.7 Å². The molecule has 3 aromatic heterocycles. The molecule has 0 saturated carbocycles. The molecule has 0 aromatic carbocycles. The van der Waals surface area contributed by atoms with Crippen LogP contribution in [0.15, 0.2) is 24.5 Å². The molecule has 7 nitrogen and oxygen atoms in total. The normalized spacial score (nSPS) is 16.7. The van der Waals surface area contributed by atoms with Crippen LogP contribution in [-0.4, -0.2) is 55.8 Å². The van der Waals surface area contributed by atoms with Crippen molar-refractivity contribution >= 4 is 33.5 Å². The average molecular weight is 455 g/mol. The number of nitrogens with zero attached hydrogens (tertiary/aromatic N) is 5. The second kappa shape index (κ2) is 8.72. The fourth-order valence-electron chi connectivity index (χ4n) is 4.44. The van der Waals surface area contributed by atoms with Crippen LogP contribution in [0.1, 0.15) is 37.1 Å². The van der Waals surface area contributed by atoms with Gasteiger partial charge in [0, 0.05) is 23.5 Å². The van der Waals surface area contributed by atoms with Crippen molar-refractivity contribution in [2.75, 3.05) is 31.2 Å². The fraction of sp³-hybridized carbons (Fsp3) is 0.455. The SMILES string of the molecule is CCSC(=O)Nc1nc2c(s1)-c1c(c(-c3cccnc3)nn1C1CCN(C)CC1)CC2. The minimum absolute atomic E-state index is 0.0475. The van der Waals surface area contributed by atoms with Crippen LogP contribution >= 0.6 is 23.1 Å². The Morgan fingerprint density at radius 1 is 1.32 bits per heavy atom. The predicted molar refractivity (Wildman–Crippen MR) is 127 cm³/mol. The van der Waals surface area contributed by atoms with Crippen LogP contribution in [0, 0.1) is 0 Å². The molecule has 0 unspecified atom stereocenters. The van der Waals surface area contributed by atoms with Crippen LogP contribution in [0.5, 0.6) is 0 Å². The fourth-order valence-corrected chi connectivity index (χ4v) is 6.01. The topological polar surface area (TPSA) is 75.9 Å². The summed E-state index contributed by atoms with van der Waals surface area (Å²) in [6.45, 7) is 4.13. The Labute approximate surface area is 190 Å². The van der Waals surface area contributed by atoms with E-state index in [1.807, 2.05) is 19.2 Å². The van der Waals surface area contributed by atoms with E-state index in [2.05, 4.69) is 33.0 Å². The molecule has 1 fully saturated rings.